The highest BCUT2D eigenvalue weighted by Gasteiger charge is 2.16. The quantitative estimate of drug-likeness (QED) is 0.401. The second-order valence-electron chi connectivity index (χ2n) is 4.94. The summed E-state index contributed by atoms with van der Waals surface area (Å²) < 4.78 is 12.3. The lowest BCUT2D eigenvalue weighted by Gasteiger charge is -2.13. The molecule has 1 aliphatic rings. The summed E-state index contributed by atoms with van der Waals surface area (Å²) in [6, 6.07) is 3.74. The minimum Gasteiger partial charge on any atom is -0.490 e. The maximum atomic E-state index is 11.1. The van der Waals surface area contributed by atoms with E-state index in [-0.39, 0.29) is 5.91 Å². The van der Waals surface area contributed by atoms with Gasteiger partial charge in [-0.15, -0.1) is 5.10 Å². The highest BCUT2D eigenvalue weighted by Crippen LogP contribution is 2.33. The van der Waals surface area contributed by atoms with Gasteiger partial charge in [0.05, 0.1) is 25.2 Å². The summed E-state index contributed by atoms with van der Waals surface area (Å²) in [4.78, 5) is 11.1. The van der Waals surface area contributed by atoms with Crippen LogP contribution in [0, 0.1) is 0 Å². The highest BCUT2D eigenvalue weighted by atomic mass is 79.9. The average molecular weight is 414 g/mol. The van der Waals surface area contributed by atoms with E-state index in [2.05, 4.69) is 38.4 Å². The van der Waals surface area contributed by atoms with Crippen molar-refractivity contribution in [3.63, 3.8) is 0 Å². The minimum absolute atomic E-state index is 0.0534. The van der Waals surface area contributed by atoms with Crippen molar-refractivity contribution in [2.45, 2.75) is 26.7 Å². The number of amidine groups is 1. The van der Waals surface area contributed by atoms with Gasteiger partial charge in [-0.2, -0.15) is 5.10 Å². The van der Waals surface area contributed by atoms with Gasteiger partial charge in [0, 0.05) is 10.0 Å². The molecule has 130 valence electrons. The van der Waals surface area contributed by atoms with Gasteiger partial charge in [0.25, 0.3) is 0 Å². The lowest BCUT2D eigenvalue weighted by atomic mass is 10.2. The number of unbranched alkanes of at least 4 members (excludes halogenated alkanes) is 1. The van der Waals surface area contributed by atoms with Crippen molar-refractivity contribution in [2.24, 2.45) is 10.2 Å². The van der Waals surface area contributed by atoms with Crippen molar-refractivity contribution in [1.82, 2.24) is 5.32 Å². The van der Waals surface area contributed by atoms with Crippen molar-refractivity contribution >= 4 is 45.0 Å². The molecule has 1 fully saturated rings. The van der Waals surface area contributed by atoms with Crippen molar-refractivity contribution in [3.8, 4) is 11.5 Å². The van der Waals surface area contributed by atoms with Gasteiger partial charge < -0.3 is 14.8 Å². The topological polar surface area (TPSA) is 72.3 Å². The molecular formula is C16H20BrN3O3S. The van der Waals surface area contributed by atoms with Crippen molar-refractivity contribution in [3.05, 3.63) is 22.2 Å². The summed E-state index contributed by atoms with van der Waals surface area (Å²) in [6.45, 7) is 5.25. The van der Waals surface area contributed by atoms with Crippen LogP contribution in [0.25, 0.3) is 0 Å². The van der Waals surface area contributed by atoms with Crippen LogP contribution in [0.2, 0.25) is 0 Å². The van der Waals surface area contributed by atoms with Crippen LogP contribution in [-0.4, -0.2) is 36.3 Å². The number of halogens is 1. The molecule has 1 aromatic carbocycles. The van der Waals surface area contributed by atoms with Crippen LogP contribution in [0.4, 0.5) is 0 Å². The number of hydrogen-bond donors (Lipinski definition) is 1. The summed E-state index contributed by atoms with van der Waals surface area (Å²) >= 11 is 4.85. The summed E-state index contributed by atoms with van der Waals surface area (Å²) in [5.41, 5.74) is 0.819. The molecule has 0 aliphatic carbocycles. The van der Waals surface area contributed by atoms with Gasteiger partial charge >= 0.3 is 0 Å². The van der Waals surface area contributed by atoms with E-state index in [9.17, 15) is 4.79 Å². The first-order chi connectivity index (χ1) is 11.6. The van der Waals surface area contributed by atoms with E-state index < -0.39 is 0 Å². The Balaban J connectivity index is 2.14. The molecule has 0 aromatic heterocycles. The first-order valence-electron chi connectivity index (χ1n) is 7.76. The van der Waals surface area contributed by atoms with Gasteiger partial charge in [-0.05, 0) is 41.4 Å². The molecule has 0 bridgehead atoms. The fourth-order valence-corrected chi connectivity index (χ4v) is 2.94. The summed E-state index contributed by atoms with van der Waals surface area (Å²) in [6.07, 6.45) is 3.68. The second kappa shape index (κ2) is 9.68. The van der Waals surface area contributed by atoms with Crippen LogP contribution >= 0.6 is 27.7 Å². The molecule has 1 heterocycles. The monoisotopic (exact) mass is 413 g/mol. The Morgan fingerprint density at radius 1 is 1.33 bits per heavy atom. The number of ether oxygens (including phenoxy) is 2. The Morgan fingerprint density at radius 3 is 2.79 bits per heavy atom. The zero-order valence-corrected chi connectivity index (χ0v) is 16.1. The Hall–Kier alpha value is -1.54. The van der Waals surface area contributed by atoms with Crippen LogP contribution in [-0.2, 0) is 4.79 Å². The minimum atomic E-state index is -0.0534. The maximum absolute atomic E-state index is 11.1. The summed E-state index contributed by atoms with van der Waals surface area (Å²) in [7, 11) is 0. The number of hydrogen-bond acceptors (Lipinski definition) is 6. The molecule has 0 spiro atoms. The fraction of sp³-hybridized carbons (Fsp3) is 0.438. The van der Waals surface area contributed by atoms with E-state index in [0.717, 1.165) is 22.9 Å². The molecule has 6 nitrogen and oxygen atoms in total. The fourth-order valence-electron chi connectivity index (χ4n) is 1.88. The first-order valence-corrected chi connectivity index (χ1v) is 9.54. The van der Waals surface area contributed by atoms with E-state index >= 15 is 0 Å². The van der Waals surface area contributed by atoms with Crippen molar-refractivity contribution in [2.75, 3.05) is 19.0 Å². The Bertz CT molecular complexity index is 650. The van der Waals surface area contributed by atoms with Crippen molar-refractivity contribution < 1.29 is 14.3 Å². The third-order valence-electron chi connectivity index (χ3n) is 3.05. The zero-order chi connectivity index (χ0) is 17.4. The summed E-state index contributed by atoms with van der Waals surface area (Å²) in [5.74, 6) is 1.71. The molecule has 1 saturated heterocycles. The number of thioether (sulfide) groups is 1. The van der Waals surface area contributed by atoms with Crippen LogP contribution in [0.1, 0.15) is 32.3 Å². The summed E-state index contributed by atoms with van der Waals surface area (Å²) in [5, 5.41) is 11.2. The number of carbonyl (C=O) groups excluding carboxylic acids is 1. The smallest absolute Gasteiger partial charge is 0.236 e. The van der Waals surface area contributed by atoms with Gasteiger partial charge in [0.15, 0.2) is 16.7 Å². The van der Waals surface area contributed by atoms with Gasteiger partial charge in [0.2, 0.25) is 5.91 Å². The number of carbonyl (C=O) groups is 1. The van der Waals surface area contributed by atoms with Gasteiger partial charge in [-0.1, -0.05) is 25.1 Å². The van der Waals surface area contributed by atoms with E-state index in [1.54, 1.807) is 6.21 Å². The van der Waals surface area contributed by atoms with Crippen LogP contribution in [0.15, 0.2) is 26.8 Å². The van der Waals surface area contributed by atoms with Gasteiger partial charge in [-0.3, -0.25) is 4.79 Å². The molecule has 0 unspecified atom stereocenters. The first kappa shape index (κ1) is 18.8. The predicted molar refractivity (Wildman–Crippen MR) is 101 cm³/mol. The largest absolute Gasteiger partial charge is 0.490 e. The molecule has 24 heavy (non-hydrogen) atoms. The number of nitrogens with zero attached hydrogens (tertiary/aromatic N) is 2. The molecular weight excluding hydrogens is 394 g/mol. The van der Waals surface area contributed by atoms with Crippen LogP contribution in [0.5, 0.6) is 11.5 Å². The third kappa shape index (κ3) is 5.52. The molecule has 1 N–H and O–H groups in total. The highest BCUT2D eigenvalue weighted by molar-refractivity contribution is 9.10. The van der Waals surface area contributed by atoms with Crippen LogP contribution < -0.4 is 14.8 Å². The Morgan fingerprint density at radius 2 is 2.12 bits per heavy atom. The lowest BCUT2D eigenvalue weighted by Crippen LogP contribution is -2.19. The molecule has 1 aromatic rings. The number of nitrogens with one attached hydrogen (secondary N) is 1. The lowest BCUT2D eigenvalue weighted by molar-refractivity contribution is -0.116. The number of rotatable bonds is 8. The molecule has 0 radical (unpaired) electrons. The number of amides is 1. The molecule has 1 aliphatic heterocycles. The van der Waals surface area contributed by atoms with E-state index in [1.165, 1.54) is 11.8 Å². The van der Waals surface area contributed by atoms with Gasteiger partial charge in [-0.25, -0.2) is 0 Å². The van der Waals surface area contributed by atoms with E-state index in [1.807, 2.05) is 19.1 Å². The third-order valence-corrected chi connectivity index (χ3v) is 4.60. The second-order valence-corrected chi connectivity index (χ2v) is 6.76. The van der Waals surface area contributed by atoms with Gasteiger partial charge in [0.1, 0.15) is 0 Å². The van der Waals surface area contributed by atoms with E-state index in [4.69, 9.17) is 9.47 Å². The molecule has 0 atom stereocenters. The Labute approximate surface area is 154 Å². The molecule has 8 heteroatoms. The van der Waals surface area contributed by atoms with Crippen LogP contribution in [0.3, 0.4) is 0 Å². The molecule has 2 rings (SSSR count). The normalized spacial score (nSPS) is 16.0. The Kier molecular flexibility index (Phi) is 7.58. The standard InChI is InChI=1S/C16H20BrN3O3S/c1-3-5-6-23-14-8-12(17)11(7-13(14)22-4-2)9-18-20-16-19-15(21)10-24-16/h7-9H,3-6,10H2,1-2H3,(H,19,20,21). The van der Waals surface area contributed by atoms with Crippen molar-refractivity contribution in [1.29, 1.82) is 0 Å². The van der Waals surface area contributed by atoms with E-state index in [0.29, 0.717) is 35.6 Å². The predicted octanol–water partition coefficient (Wildman–Crippen LogP) is 3.58. The number of benzene rings is 1. The average Bonchev–Trinajstić information content (AvgIpc) is 2.97. The molecule has 0 saturated carbocycles. The SMILES string of the molecule is CCCCOc1cc(Br)c(C=NN=C2NC(=O)CS2)cc1OCC. The maximum Gasteiger partial charge on any atom is 0.236 e. The molecule has 1 amide bonds. The zero-order valence-electron chi connectivity index (χ0n) is 13.7.